The van der Waals surface area contributed by atoms with Gasteiger partial charge in [-0.2, -0.15) is 0 Å². The van der Waals surface area contributed by atoms with Crippen LogP contribution in [0.15, 0.2) is 24.3 Å². The summed E-state index contributed by atoms with van der Waals surface area (Å²) >= 11 is 5.77. The van der Waals surface area contributed by atoms with Crippen molar-refractivity contribution in [2.75, 3.05) is 26.3 Å². The highest BCUT2D eigenvalue weighted by molar-refractivity contribution is 6.30. The lowest BCUT2D eigenvalue weighted by Gasteiger charge is -2.21. The molecule has 6 nitrogen and oxygen atoms in total. The van der Waals surface area contributed by atoms with E-state index in [1.165, 1.54) is 4.90 Å². The average molecular weight is 356 g/mol. The van der Waals surface area contributed by atoms with E-state index in [-0.39, 0.29) is 57.3 Å². The van der Waals surface area contributed by atoms with Gasteiger partial charge in [0.25, 0.3) is 0 Å². The van der Waals surface area contributed by atoms with Gasteiger partial charge in [-0.25, -0.2) is 0 Å². The number of carbonyl (C=O) groups is 3. The Labute approximate surface area is 146 Å². The third-order valence-corrected chi connectivity index (χ3v) is 3.60. The fraction of sp³-hybridized carbons (Fsp3) is 0.471. The van der Waals surface area contributed by atoms with Gasteiger partial charge >= 0.3 is 5.97 Å². The number of hydrogen-bond donors (Lipinski definition) is 1. The Morgan fingerprint density at radius 2 is 1.75 bits per heavy atom. The lowest BCUT2D eigenvalue weighted by atomic mass is 10.1. The second kappa shape index (κ2) is 10.8. The third kappa shape index (κ3) is 7.10. The summed E-state index contributed by atoms with van der Waals surface area (Å²) in [6.45, 7) is 2.06. The van der Waals surface area contributed by atoms with Gasteiger partial charge in [-0.15, -0.1) is 0 Å². The lowest BCUT2D eigenvalue weighted by Crippen LogP contribution is -2.35. The maximum Gasteiger partial charge on any atom is 0.307 e. The molecule has 24 heavy (non-hydrogen) atoms. The van der Waals surface area contributed by atoms with Crippen LogP contribution >= 0.6 is 11.6 Å². The minimum absolute atomic E-state index is 0.0181. The van der Waals surface area contributed by atoms with E-state index in [1.54, 1.807) is 31.2 Å². The molecule has 1 N–H and O–H groups in total. The first kappa shape index (κ1) is 20.1. The van der Waals surface area contributed by atoms with Crippen LogP contribution in [0.3, 0.4) is 0 Å². The van der Waals surface area contributed by atoms with E-state index in [0.717, 1.165) is 0 Å². The van der Waals surface area contributed by atoms with Gasteiger partial charge in [-0.3, -0.25) is 14.4 Å². The molecule has 1 amide bonds. The minimum atomic E-state index is -0.398. The Morgan fingerprint density at radius 1 is 1.08 bits per heavy atom. The zero-order valence-electron chi connectivity index (χ0n) is 13.7. The third-order valence-electron chi connectivity index (χ3n) is 3.35. The van der Waals surface area contributed by atoms with Gasteiger partial charge in [0.05, 0.1) is 19.6 Å². The van der Waals surface area contributed by atoms with Crippen LogP contribution in [0.25, 0.3) is 0 Å². The van der Waals surface area contributed by atoms with E-state index in [9.17, 15) is 14.4 Å². The molecular weight excluding hydrogens is 334 g/mol. The van der Waals surface area contributed by atoms with Crippen molar-refractivity contribution < 1.29 is 24.2 Å². The number of carbonyl (C=O) groups excluding carboxylic acids is 3. The molecule has 1 rings (SSSR count). The molecule has 0 unspecified atom stereocenters. The highest BCUT2D eigenvalue weighted by Crippen LogP contribution is 2.12. The number of hydrogen-bond acceptors (Lipinski definition) is 5. The molecule has 132 valence electrons. The van der Waals surface area contributed by atoms with Crippen LogP contribution in [0, 0.1) is 0 Å². The van der Waals surface area contributed by atoms with Crippen LogP contribution in [-0.4, -0.2) is 54.0 Å². The Balaban J connectivity index is 2.50. The maximum atomic E-state index is 12.2. The molecule has 0 aromatic heterocycles. The number of rotatable bonds is 10. The number of aliphatic hydroxyl groups excluding tert-OH is 1. The first-order valence-corrected chi connectivity index (χ1v) is 8.18. The molecule has 0 fully saturated rings. The monoisotopic (exact) mass is 355 g/mol. The van der Waals surface area contributed by atoms with Crippen LogP contribution in [0.5, 0.6) is 0 Å². The predicted octanol–water partition coefficient (Wildman–Crippen LogP) is 2.08. The van der Waals surface area contributed by atoms with Gasteiger partial charge in [0.15, 0.2) is 5.78 Å². The Kier molecular flexibility index (Phi) is 9.04. The molecule has 7 heteroatoms. The number of ether oxygens (including phenoxy) is 1. The number of ketones is 1. The van der Waals surface area contributed by atoms with Crippen molar-refractivity contribution in [3.05, 3.63) is 34.9 Å². The summed E-state index contributed by atoms with van der Waals surface area (Å²) in [4.78, 5) is 37.0. The molecule has 0 spiro atoms. The largest absolute Gasteiger partial charge is 0.466 e. The lowest BCUT2D eigenvalue weighted by molar-refractivity contribution is -0.144. The molecule has 0 aliphatic heterocycles. The SMILES string of the molecule is CCOC(=O)CCN(CCO)C(=O)CCC(=O)c1ccc(Cl)cc1. The van der Waals surface area contributed by atoms with Crippen molar-refractivity contribution in [3.63, 3.8) is 0 Å². The number of aliphatic hydroxyl groups is 1. The van der Waals surface area contributed by atoms with E-state index in [0.29, 0.717) is 10.6 Å². The van der Waals surface area contributed by atoms with E-state index < -0.39 is 5.97 Å². The molecule has 0 aliphatic rings. The summed E-state index contributed by atoms with van der Waals surface area (Å²) in [7, 11) is 0. The average Bonchev–Trinajstić information content (AvgIpc) is 2.57. The summed E-state index contributed by atoms with van der Waals surface area (Å²) in [5.74, 6) is -0.837. The zero-order valence-corrected chi connectivity index (χ0v) is 14.4. The van der Waals surface area contributed by atoms with Crippen molar-refractivity contribution in [1.29, 1.82) is 0 Å². The molecule has 0 aliphatic carbocycles. The number of amides is 1. The summed E-state index contributed by atoms with van der Waals surface area (Å²) < 4.78 is 4.81. The van der Waals surface area contributed by atoms with Crippen LogP contribution < -0.4 is 0 Å². The molecule has 0 bridgehead atoms. The molecule has 1 aromatic rings. The number of esters is 1. The predicted molar refractivity (Wildman–Crippen MR) is 89.9 cm³/mol. The quantitative estimate of drug-likeness (QED) is 0.513. The Morgan fingerprint density at radius 3 is 2.33 bits per heavy atom. The van der Waals surface area contributed by atoms with Gasteiger partial charge in [0, 0.05) is 36.5 Å². The zero-order chi connectivity index (χ0) is 17.9. The molecule has 0 radical (unpaired) electrons. The number of Topliss-reactive ketones (excluding diaryl/α,β-unsaturated/α-hetero) is 1. The number of benzene rings is 1. The fourth-order valence-corrected chi connectivity index (χ4v) is 2.23. The highest BCUT2D eigenvalue weighted by Gasteiger charge is 2.17. The van der Waals surface area contributed by atoms with Crippen LogP contribution in [0.1, 0.15) is 36.5 Å². The van der Waals surface area contributed by atoms with E-state index in [4.69, 9.17) is 21.4 Å². The van der Waals surface area contributed by atoms with E-state index in [2.05, 4.69) is 0 Å². The van der Waals surface area contributed by atoms with Gasteiger partial charge < -0.3 is 14.7 Å². The van der Waals surface area contributed by atoms with Gasteiger partial charge in [-0.1, -0.05) is 11.6 Å². The van der Waals surface area contributed by atoms with Crippen LogP contribution in [-0.2, 0) is 14.3 Å². The van der Waals surface area contributed by atoms with Gasteiger partial charge in [-0.05, 0) is 31.2 Å². The molecule has 0 atom stereocenters. The molecule has 0 heterocycles. The van der Waals surface area contributed by atoms with Crippen molar-refractivity contribution in [3.8, 4) is 0 Å². The molecular formula is C17H22ClNO5. The minimum Gasteiger partial charge on any atom is -0.466 e. The second-order valence-corrected chi connectivity index (χ2v) is 5.53. The van der Waals surface area contributed by atoms with Gasteiger partial charge in [0.1, 0.15) is 0 Å². The Bertz CT molecular complexity index is 559. The van der Waals surface area contributed by atoms with Crippen molar-refractivity contribution in [1.82, 2.24) is 4.90 Å². The maximum absolute atomic E-state index is 12.2. The molecule has 0 saturated carbocycles. The molecule has 1 aromatic carbocycles. The topological polar surface area (TPSA) is 83.9 Å². The number of halogens is 1. The van der Waals surface area contributed by atoms with E-state index in [1.807, 2.05) is 0 Å². The second-order valence-electron chi connectivity index (χ2n) is 5.09. The van der Waals surface area contributed by atoms with Gasteiger partial charge in [0.2, 0.25) is 5.91 Å². The first-order valence-electron chi connectivity index (χ1n) is 7.81. The summed E-state index contributed by atoms with van der Waals surface area (Å²) in [5.41, 5.74) is 0.493. The first-order chi connectivity index (χ1) is 11.5. The smallest absolute Gasteiger partial charge is 0.307 e. The standard InChI is InChI=1S/C17H22ClNO5/c1-2-24-17(23)9-10-19(11-12-20)16(22)8-7-15(21)13-3-5-14(18)6-4-13/h3-6,20H,2,7-12H2,1H3. The van der Waals surface area contributed by atoms with Crippen molar-refractivity contribution in [2.45, 2.75) is 26.2 Å². The van der Waals surface area contributed by atoms with Crippen LogP contribution in [0.2, 0.25) is 5.02 Å². The summed E-state index contributed by atoms with van der Waals surface area (Å²) in [6.07, 6.45) is 0.136. The summed E-state index contributed by atoms with van der Waals surface area (Å²) in [6, 6.07) is 6.46. The van der Waals surface area contributed by atoms with Crippen molar-refractivity contribution >= 4 is 29.3 Å². The summed E-state index contributed by atoms with van der Waals surface area (Å²) in [5, 5.41) is 9.58. The highest BCUT2D eigenvalue weighted by atomic mass is 35.5. The fourth-order valence-electron chi connectivity index (χ4n) is 2.10. The Hall–Kier alpha value is -1.92. The van der Waals surface area contributed by atoms with Crippen LogP contribution in [0.4, 0.5) is 0 Å². The molecule has 0 saturated heterocycles. The van der Waals surface area contributed by atoms with E-state index >= 15 is 0 Å². The number of nitrogens with zero attached hydrogens (tertiary/aromatic N) is 1. The van der Waals surface area contributed by atoms with Crippen molar-refractivity contribution in [2.24, 2.45) is 0 Å². The normalized spacial score (nSPS) is 10.3.